The summed E-state index contributed by atoms with van der Waals surface area (Å²) < 4.78 is 0. The topological polar surface area (TPSA) is 63.9 Å². The number of benzene rings is 2. The fourth-order valence-corrected chi connectivity index (χ4v) is 2.94. The van der Waals surface area contributed by atoms with Gasteiger partial charge in [0.15, 0.2) is 0 Å². The van der Waals surface area contributed by atoms with Crippen LogP contribution in [0.2, 0.25) is 0 Å². The van der Waals surface area contributed by atoms with Crippen LogP contribution in [-0.2, 0) is 0 Å². The smallest absolute Gasteiger partial charge is 0.115 e. The van der Waals surface area contributed by atoms with Gasteiger partial charge in [-0.2, -0.15) is 0 Å². The van der Waals surface area contributed by atoms with Crippen molar-refractivity contribution in [3.8, 4) is 11.5 Å². The van der Waals surface area contributed by atoms with E-state index in [-0.39, 0.29) is 17.5 Å². The van der Waals surface area contributed by atoms with Crippen molar-refractivity contribution in [1.29, 1.82) is 0 Å². The number of hydrogen-bond donors (Lipinski definition) is 3. The number of phenols is 2. The van der Waals surface area contributed by atoms with E-state index in [0.29, 0.717) is 6.54 Å². The number of likely N-dealkylation sites (N-methyl/N-ethyl adjacent to an activating group) is 1. The number of hydrogen-bond acceptors (Lipinski definition) is 4. The Morgan fingerprint density at radius 1 is 1.00 bits per heavy atom. The standard InChI is InChI=1S/C16H17NO3/c1-17-9-15(20)14-8-12(19)5-6-13(14)16(17)10-3-2-4-11(18)7-10/h2-8,15-16,18-20H,9H2,1H3/t15-,16-/m0/s1. The van der Waals surface area contributed by atoms with Crippen LogP contribution in [0.4, 0.5) is 0 Å². The van der Waals surface area contributed by atoms with E-state index in [1.54, 1.807) is 24.3 Å². The second-order valence-electron chi connectivity index (χ2n) is 5.27. The van der Waals surface area contributed by atoms with Gasteiger partial charge < -0.3 is 15.3 Å². The number of nitrogens with zero attached hydrogens (tertiary/aromatic N) is 1. The third kappa shape index (κ3) is 2.13. The maximum absolute atomic E-state index is 10.2. The lowest BCUT2D eigenvalue weighted by Crippen LogP contribution is -2.35. The van der Waals surface area contributed by atoms with Crippen molar-refractivity contribution >= 4 is 0 Å². The van der Waals surface area contributed by atoms with Crippen LogP contribution in [0.1, 0.15) is 28.8 Å². The molecule has 0 spiro atoms. The molecule has 4 nitrogen and oxygen atoms in total. The zero-order valence-electron chi connectivity index (χ0n) is 11.2. The number of aliphatic hydroxyl groups excluding tert-OH is 1. The molecule has 104 valence electrons. The van der Waals surface area contributed by atoms with Gasteiger partial charge in [0.2, 0.25) is 0 Å². The first-order chi connectivity index (χ1) is 9.56. The maximum Gasteiger partial charge on any atom is 0.115 e. The van der Waals surface area contributed by atoms with Gasteiger partial charge in [0.05, 0.1) is 12.1 Å². The second kappa shape index (κ2) is 4.81. The molecule has 2 aromatic carbocycles. The summed E-state index contributed by atoms with van der Waals surface area (Å²) in [6.45, 7) is 0.483. The van der Waals surface area contributed by atoms with Gasteiger partial charge >= 0.3 is 0 Å². The molecule has 0 fully saturated rings. The number of aliphatic hydroxyl groups is 1. The molecule has 0 saturated carbocycles. The molecule has 1 aliphatic rings. The molecule has 1 aliphatic heterocycles. The Morgan fingerprint density at radius 2 is 1.75 bits per heavy atom. The number of β-amino-alcohol motifs (C(OH)–C–C–N with tert-alkyl or cyclic N) is 1. The molecule has 0 radical (unpaired) electrons. The van der Waals surface area contributed by atoms with Crippen molar-refractivity contribution in [3.05, 3.63) is 59.2 Å². The Hall–Kier alpha value is -2.04. The highest BCUT2D eigenvalue weighted by atomic mass is 16.3. The third-order valence-electron chi connectivity index (χ3n) is 3.81. The van der Waals surface area contributed by atoms with Crippen LogP contribution in [0, 0.1) is 0 Å². The molecule has 2 aromatic rings. The molecular weight excluding hydrogens is 254 g/mol. The van der Waals surface area contributed by atoms with Crippen LogP contribution in [0.15, 0.2) is 42.5 Å². The Labute approximate surface area is 117 Å². The SMILES string of the molecule is CN1C[C@H](O)c2cc(O)ccc2[C@@H]1c1cccc(O)c1. The number of aromatic hydroxyl groups is 2. The van der Waals surface area contributed by atoms with Crippen LogP contribution >= 0.6 is 0 Å². The maximum atomic E-state index is 10.2. The number of fused-ring (bicyclic) bond motifs is 1. The van der Waals surface area contributed by atoms with Crippen molar-refractivity contribution in [1.82, 2.24) is 4.90 Å². The third-order valence-corrected chi connectivity index (χ3v) is 3.81. The predicted octanol–water partition coefficient (Wildman–Crippen LogP) is 2.17. The lowest BCUT2D eigenvalue weighted by atomic mass is 9.87. The molecule has 0 saturated heterocycles. The largest absolute Gasteiger partial charge is 0.508 e. The van der Waals surface area contributed by atoms with E-state index in [9.17, 15) is 15.3 Å². The minimum Gasteiger partial charge on any atom is -0.508 e. The molecule has 4 heteroatoms. The molecule has 1 heterocycles. The molecule has 0 aliphatic carbocycles. The number of rotatable bonds is 1. The van der Waals surface area contributed by atoms with Gasteiger partial charge in [-0.1, -0.05) is 18.2 Å². The van der Waals surface area contributed by atoms with Gasteiger partial charge in [0.1, 0.15) is 11.5 Å². The zero-order chi connectivity index (χ0) is 14.3. The van der Waals surface area contributed by atoms with Crippen molar-refractivity contribution in [2.24, 2.45) is 0 Å². The van der Waals surface area contributed by atoms with E-state index in [0.717, 1.165) is 16.7 Å². The van der Waals surface area contributed by atoms with Crippen molar-refractivity contribution in [2.45, 2.75) is 12.1 Å². The van der Waals surface area contributed by atoms with E-state index >= 15 is 0 Å². The molecule has 3 N–H and O–H groups in total. The van der Waals surface area contributed by atoms with Crippen LogP contribution in [-0.4, -0.2) is 33.8 Å². The highest BCUT2D eigenvalue weighted by Crippen LogP contribution is 2.39. The Bertz CT molecular complexity index is 641. The number of phenolic OH excluding ortho intramolecular Hbond substituents is 2. The summed E-state index contributed by atoms with van der Waals surface area (Å²) in [5, 5.41) is 29.4. The van der Waals surface area contributed by atoms with E-state index < -0.39 is 6.10 Å². The van der Waals surface area contributed by atoms with Gasteiger partial charge in [0, 0.05) is 6.54 Å². The van der Waals surface area contributed by atoms with Gasteiger partial charge in [-0.05, 0) is 48.0 Å². The Balaban J connectivity index is 2.14. The van der Waals surface area contributed by atoms with E-state index in [2.05, 4.69) is 0 Å². The first-order valence-electron chi connectivity index (χ1n) is 6.56. The fourth-order valence-electron chi connectivity index (χ4n) is 2.94. The van der Waals surface area contributed by atoms with Gasteiger partial charge in [0.25, 0.3) is 0 Å². The highest BCUT2D eigenvalue weighted by Gasteiger charge is 2.31. The van der Waals surface area contributed by atoms with Crippen LogP contribution in [0.3, 0.4) is 0 Å². The summed E-state index contributed by atoms with van der Waals surface area (Å²) in [6, 6.07) is 12.2. The summed E-state index contributed by atoms with van der Waals surface area (Å²) in [7, 11) is 1.94. The molecule has 3 rings (SSSR count). The molecular formula is C16H17NO3. The molecule has 0 aromatic heterocycles. The second-order valence-corrected chi connectivity index (χ2v) is 5.27. The van der Waals surface area contributed by atoms with Gasteiger partial charge in [-0.15, -0.1) is 0 Å². The van der Waals surface area contributed by atoms with Crippen molar-refractivity contribution < 1.29 is 15.3 Å². The average Bonchev–Trinajstić information content (AvgIpc) is 2.40. The molecule has 20 heavy (non-hydrogen) atoms. The Kier molecular flexibility index (Phi) is 3.12. The Morgan fingerprint density at radius 3 is 2.50 bits per heavy atom. The molecule has 0 bridgehead atoms. The first kappa shape index (κ1) is 13.0. The fraction of sp³-hybridized carbons (Fsp3) is 0.250. The molecule has 0 amide bonds. The van der Waals surface area contributed by atoms with Crippen molar-refractivity contribution in [2.75, 3.05) is 13.6 Å². The van der Waals surface area contributed by atoms with E-state index in [1.807, 2.05) is 30.1 Å². The predicted molar refractivity (Wildman–Crippen MR) is 75.6 cm³/mol. The van der Waals surface area contributed by atoms with Crippen LogP contribution in [0.25, 0.3) is 0 Å². The van der Waals surface area contributed by atoms with E-state index in [1.165, 1.54) is 0 Å². The monoisotopic (exact) mass is 271 g/mol. The summed E-state index contributed by atoms with van der Waals surface area (Å²) in [4.78, 5) is 2.04. The van der Waals surface area contributed by atoms with Crippen molar-refractivity contribution in [3.63, 3.8) is 0 Å². The molecule has 0 unspecified atom stereocenters. The quantitative estimate of drug-likeness (QED) is 0.744. The first-order valence-corrected chi connectivity index (χ1v) is 6.56. The minimum absolute atomic E-state index is 0.0406. The normalized spacial score (nSPS) is 22.5. The van der Waals surface area contributed by atoms with Crippen LogP contribution in [0.5, 0.6) is 11.5 Å². The zero-order valence-corrected chi connectivity index (χ0v) is 11.2. The summed E-state index contributed by atoms with van der Waals surface area (Å²) >= 11 is 0. The minimum atomic E-state index is -0.615. The lowest BCUT2D eigenvalue weighted by Gasteiger charge is -2.37. The van der Waals surface area contributed by atoms with Gasteiger partial charge in [-0.3, -0.25) is 4.90 Å². The van der Waals surface area contributed by atoms with E-state index in [4.69, 9.17) is 0 Å². The van der Waals surface area contributed by atoms with Crippen LogP contribution < -0.4 is 0 Å². The van der Waals surface area contributed by atoms with Gasteiger partial charge in [-0.25, -0.2) is 0 Å². The molecule has 2 atom stereocenters. The highest BCUT2D eigenvalue weighted by molar-refractivity contribution is 5.45. The summed E-state index contributed by atoms with van der Waals surface area (Å²) in [5.41, 5.74) is 2.66. The summed E-state index contributed by atoms with van der Waals surface area (Å²) in [5.74, 6) is 0.379. The summed E-state index contributed by atoms with van der Waals surface area (Å²) in [6.07, 6.45) is -0.615. The lowest BCUT2D eigenvalue weighted by molar-refractivity contribution is 0.0941. The average molecular weight is 271 g/mol.